The predicted molar refractivity (Wildman–Crippen MR) is 95.0 cm³/mol. The van der Waals surface area contributed by atoms with Gasteiger partial charge in [0, 0.05) is 0 Å². The monoisotopic (exact) mass is 358 g/mol. The largest absolute Gasteiger partial charge is 0.490 e. The average Bonchev–Trinajstić information content (AvgIpc) is 2.58. The Morgan fingerprint density at radius 3 is 1.45 bits per heavy atom. The second kappa shape index (κ2) is 8.44. The molecule has 0 aliphatic rings. The molecule has 0 amide bonds. The molecule has 2 aromatic carbocycles. The zero-order valence-electron chi connectivity index (χ0n) is 12.4. The lowest BCUT2D eigenvalue weighted by molar-refractivity contribution is 0.363. The van der Waals surface area contributed by atoms with Crippen molar-refractivity contribution in [1.29, 1.82) is 0 Å². The van der Waals surface area contributed by atoms with Crippen molar-refractivity contribution in [3.8, 4) is 11.5 Å². The number of hydrogen-bond acceptors (Lipinski definition) is 2. The lowest BCUT2D eigenvalue weighted by atomic mass is 10.0. The SMILES string of the molecule is C=CCOc1ccc(C(Br)c2ccc(OCC=C)cc2)cc1. The van der Waals surface area contributed by atoms with E-state index in [1.165, 1.54) is 11.1 Å². The number of alkyl halides is 1. The zero-order valence-corrected chi connectivity index (χ0v) is 14.0. The summed E-state index contributed by atoms with van der Waals surface area (Å²) in [4.78, 5) is 0.134. The summed E-state index contributed by atoms with van der Waals surface area (Å²) in [5.41, 5.74) is 2.34. The van der Waals surface area contributed by atoms with Gasteiger partial charge < -0.3 is 9.47 Å². The molecule has 0 heterocycles. The minimum absolute atomic E-state index is 0.134. The molecule has 0 bridgehead atoms. The van der Waals surface area contributed by atoms with E-state index in [0.717, 1.165) is 11.5 Å². The van der Waals surface area contributed by atoms with Crippen LogP contribution in [0.25, 0.3) is 0 Å². The van der Waals surface area contributed by atoms with E-state index in [0.29, 0.717) is 13.2 Å². The van der Waals surface area contributed by atoms with Crippen LogP contribution in [-0.4, -0.2) is 13.2 Å². The molecule has 2 nitrogen and oxygen atoms in total. The first kappa shape index (κ1) is 16.4. The number of rotatable bonds is 8. The van der Waals surface area contributed by atoms with E-state index in [2.05, 4.69) is 53.4 Å². The average molecular weight is 359 g/mol. The maximum atomic E-state index is 5.49. The standard InChI is InChI=1S/C19H19BrO2/c1-3-13-21-17-9-5-15(6-10-17)19(20)16-7-11-18(12-8-16)22-14-4-2/h3-12,19H,1-2,13-14H2. The third-order valence-corrected chi connectivity index (χ3v) is 4.14. The Labute approximate surface area is 140 Å². The van der Waals surface area contributed by atoms with Gasteiger partial charge in [0.05, 0.1) is 4.83 Å². The van der Waals surface area contributed by atoms with Crippen molar-refractivity contribution in [2.45, 2.75) is 4.83 Å². The fraction of sp³-hybridized carbons (Fsp3) is 0.158. The first-order valence-electron chi connectivity index (χ1n) is 7.06. The minimum Gasteiger partial charge on any atom is -0.490 e. The summed E-state index contributed by atoms with van der Waals surface area (Å²) in [5.74, 6) is 1.69. The summed E-state index contributed by atoms with van der Waals surface area (Å²) in [6.45, 7) is 8.31. The van der Waals surface area contributed by atoms with Crippen LogP contribution in [0.2, 0.25) is 0 Å². The highest BCUT2D eigenvalue weighted by Gasteiger charge is 2.10. The Morgan fingerprint density at radius 1 is 0.773 bits per heavy atom. The summed E-state index contributed by atoms with van der Waals surface area (Å²) >= 11 is 3.73. The molecule has 0 unspecified atom stereocenters. The molecule has 0 atom stereocenters. The third-order valence-electron chi connectivity index (χ3n) is 3.08. The van der Waals surface area contributed by atoms with Crippen molar-refractivity contribution < 1.29 is 9.47 Å². The molecule has 0 aromatic heterocycles. The van der Waals surface area contributed by atoms with Gasteiger partial charge in [0.2, 0.25) is 0 Å². The van der Waals surface area contributed by atoms with Gasteiger partial charge in [0.15, 0.2) is 0 Å². The van der Waals surface area contributed by atoms with E-state index < -0.39 is 0 Å². The summed E-state index contributed by atoms with van der Waals surface area (Å²) in [6.07, 6.45) is 3.47. The summed E-state index contributed by atoms with van der Waals surface area (Å²) < 4.78 is 11.0. The molecule has 3 heteroatoms. The lowest BCUT2D eigenvalue weighted by Crippen LogP contribution is -1.96. The van der Waals surface area contributed by atoms with Crippen LogP contribution in [0.3, 0.4) is 0 Å². The molecule has 0 N–H and O–H groups in total. The molecule has 2 rings (SSSR count). The maximum Gasteiger partial charge on any atom is 0.119 e. The number of benzene rings is 2. The summed E-state index contributed by atoms with van der Waals surface area (Å²) in [5, 5.41) is 0. The van der Waals surface area contributed by atoms with E-state index in [1.54, 1.807) is 12.2 Å². The molecular weight excluding hydrogens is 340 g/mol. The van der Waals surface area contributed by atoms with E-state index in [9.17, 15) is 0 Å². The van der Waals surface area contributed by atoms with E-state index in [1.807, 2.05) is 24.3 Å². The fourth-order valence-corrected chi connectivity index (χ4v) is 2.58. The normalized spacial score (nSPS) is 10.3. The molecule has 0 saturated carbocycles. The Bertz CT molecular complexity index is 547. The van der Waals surface area contributed by atoms with Crippen molar-refractivity contribution in [1.82, 2.24) is 0 Å². The van der Waals surface area contributed by atoms with Gasteiger partial charge in [-0.05, 0) is 35.4 Å². The second-order valence-corrected chi connectivity index (χ2v) is 5.62. The lowest BCUT2D eigenvalue weighted by Gasteiger charge is -2.12. The van der Waals surface area contributed by atoms with Crippen LogP contribution >= 0.6 is 15.9 Å². The molecule has 0 aliphatic carbocycles. The molecule has 22 heavy (non-hydrogen) atoms. The van der Waals surface area contributed by atoms with Crippen molar-refractivity contribution in [2.24, 2.45) is 0 Å². The fourth-order valence-electron chi connectivity index (χ4n) is 1.97. The van der Waals surface area contributed by atoms with Gasteiger partial charge in [0.25, 0.3) is 0 Å². The van der Waals surface area contributed by atoms with Gasteiger partial charge in [-0.15, -0.1) is 0 Å². The molecule has 0 fully saturated rings. The molecule has 114 valence electrons. The molecule has 0 radical (unpaired) electrons. The van der Waals surface area contributed by atoms with Crippen LogP contribution in [0, 0.1) is 0 Å². The number of ether oxygens (including phenoxy) is 2. The third kappa shape index (κ3) is 4.50. The minimum atomic E-state index is 0.134. The topological polar surface area (TPSA) is 18.5 Å². The summed E-state index contributed by atoms with van der Waals surface area (Å²) in [7, 11) is 0. The molecule has 0 spiro atoms. The molecular formula is C19H19BrO2. The van der Waals surface area contributed by atoms with E-state index in [4.69, 9.17) is 9.47 Å². The Balaban J connectivity index is 2.05. The Hall–Kier alpha value is -2.00. The van der Waals surface area contributed by atoms with Gasteiger partial charge in [-0.1, -0.05) is 65.5 Å². The zero-order chi connectivity index (χ0) is 15.8. The second-order valence-electron chi connectivity index (χ2n) is 4.70. The summed E-state index contributed by atoms with van der Waals surface area (Å²) in [6, 6.07) is 16.1. The first-order chi connectivity index (χ1) is 10.7. The molecule has 0 saturated heterocycles. The van der Waals surface area contributed by atoms with Crippen LogP contribution in [0.1, 0.15) is 16.0 Å². The van der Waals surface area contributed by atoms with Crippen LogP contribution in [-0.2, 0) is 0 Å². The molecule has 0 aliphatic heterocycles. The van der Waals surface area contributed by atoms with Gasteiger partial charge in [0.1, 0.15) is 24.7 Å². The van der Waals surface area contributed by atoms with Crippen LogP contribution in [0.5, 0.6) is 11.5 Å². The maximum absolute atomic E-state index is 5.49. The van der Waals surface area contributed by atoms with Crippen molar-refractivity contribution in [3.05, 3.63) is 85.0 Å². The highest BCUT2D eigenvalue weighted by Crippen LogP contribution is 2.32. The predicted octanol–water partition coefficient (Wildman–Crippen LogP) is 5.30. The van der Waals surface area contributed by atoms with Gasteiger partial charge in [-0.25, -0.2) is 0 Å². The van der Waals surface area contributed by atoms with Crippen molar-refractivity contribution in [3.63, 3.8) is 0 Å². The first-order valence-corrected chi connectivity index (χ1v) is 7.97. The smallest absolute Gasteiger partial charge is 0.119 e. The van der Waals surface area contributed by atoms with Crippen LogP contribution in [0.4, 0.5) is 0 Å². The van der Waals surface area contributed by atoms with Crippen LogP contribution in [0.15, 0.2) is 73.8 Å². The highest BCUT2D eigenvalue weighted by molar-refractivity contribution is 9.09. The number of halogens is 1. The van der Waals surface area contributed by atoms with Gasteiger partial charge >= 0.3 is 0 Å². The van der Waals surface area contributed by atoms with E-state index in [-0.39, 0.29) is 4.83 Å². The van der Waals surface area contributed by atoms with Crippen LogP contribution < -0.4 is 9.47 Å². The van der Waals surface area contributed by atoms with Gasteiger partial charge in [-0.2, -0.15) is 0 Å². The Morgan fingerprint density at radius 2 is 1.14 bits per heavy atom. The number of hydrogen-bond donors (Lipinski definition) is 0. The quantitative estimate of drug-likeness (QED) is 0.470. The molecule has 2 aromatic rings. The Kier molecular flexibility index (Phi) is 6.28. The van der Waals surface area contributed by atoms with Crippen molar-refractivity contribution in [2.75, 3.05) is 13.2 Å². The van der Waals surface area contributed by atoms with E-state index >= 15 is 0 Å². The van der Waals surface area contributed by atoms with Crippen molar-refractivity contribution >= 4 is 15.9 Å². The highest BCUT2D eigenvalue weighted by atomic mass is 79.9. The van der Waals surface area contributed by atoms with Gasteiger partial charge in [-0.3, -0.25) is 0 Å².